The largest absolute Gasteiger partial charge is 0.330 e. The molecule has 3 aromatic rings. The maximum Gasteiger partial charge on any atom is 0.241 e. The smallest absolute Gasteiger partial charge is 0.241 e. The minimum absolute atomic E-state index is 0.0613. The van der Waals surface area contributed by atoms with Crippen LogP contribution in [0.25, 0.3) is 11.0 Å². The molecular formula is C20H22N4O. The van der Waals surface area contributed by atoms with Crippen molar-refractivity contribution in [2.45, 2.75) is 25.4 Å². The van der Waals surface area contributed by atoms with Crippen LogP contribution >= 0.6 is 0 Å². The van der Waals surface area contributed by atoms with Crippen LogP contribution in [-0.2, 0) is 24.8 Å². The number of likely N-dealkylation sites (N-methyl/N-ethyl adjacent to an activating group) is 1. The van der Waals surface area contributed by atoms with Crippen molar-refractivity contribution < 1.29 is 4.79 Å². The second-order valence-electron chi connectivity index (χ2n) is 6.69. The van der Waals surface area contributed by atoms with Crippen LogP contribution < -0.4 is 5.32 Å². The third-order valence-electron chi connectivity index (χ3n) is 5.07. The van der Waals surface area contributed by atoms with E-state index in [0.717, 1.165) is 35.4 Å². The van der Waals surface area contributed by atoms with Gasteiger partial charge in [-0.05, 0) is 43.7 Å². The standard InChI is InChI=1S/C20H22N4O/c1-23(13-19-21-16-9-5-6-10-17(16)24(19)2)18-12-11-14-7-3-4-8-15(14)22-20(18)25/h3-10,18H,11-13H2,1-2H3,(H,22,25). The van der Waals surface area contributed by atoms with Crippen LogP contribution in [0.2, 0.25) is 0 Å². The summed E-state index contributed by atoms with van der Waals surface area (Å²) in [6, 6.07) is 16.0. The molecule has 5 heteroatoms. The molecule has 25 heavy (non-hydrogen) atoms. The second kappa shape index (κ2) is 6.33. The summed E-state index contributed by atoms with van der Waals surface area (Å²) in [4.78, 5) is 19.5. The number of nitrogens with one attached hydrogen (secondary N) is 1. The zero-order valence-electron chi connectivity index (χ0n) is 14.6. The number of anilines is 1. The van der Waals surface area contributed by atoms with Gasteiger partial charge < -0.3 is 9.88 Å². The zero-order chi connectivity index (χ0) is 17.4. The van der Waals surface area contributed by atoms with E-state index in [2.05, 4.69) is 26.9 Å². The number of nitrogens with zero attached hydrogens (tertiary/aromatic N) is 3. The van der Waals surface area contributed by atoms with Crippen molar-refractivity contribution in [1.82, 2.24) is 14.5 Å². The summed E-state index contributed by atoms with van der Waals surface area (Å²) in [5.74, 6) is 1.03. The molecule has 2 heterocycles. The SMILES string of the molecule is CN(Cc1nc2ccccc2n1C)C1CCc2ccccc2NC1=O. The minimum Gasteiger partial charge on any atom is -0.330 e. The molecule has 0 spiro atoms. The van der Waals surface area contributed by atoms with E-state index in [1.165, 1.54) is 5.56 Å². The van der Waals surface area contributed by atoms with Gasteiger partial charge in [-0.2, -0.15) is 0 Å². The van der Waals surface area contributed by atoms with Crippen LogP contribution in [0, 0.1) is 0 Å². The molecule has 1 N–H and O–H groups in total. The van der Waals surface area contributed by atoms with Crippen LogP contribution in [0.1, 0.15) is 17.8 Å². The van der Waals surface area contributed by atoms with E-state index in [1.54, 1.807) is 0 Å². The first-order chi connectivity index (χ1) is 12.1. The predicted octanol–water partition coefficient (Wildman–Crippen LogP) is 2.96. The number of imidazole rings is 1. The molecule has 1 atom stereocenters. The monoisotopic (exact) mass is 334 g/mol. The molecule has 0 aliphatic carbocycles. The molecule has 0 fully saturated rings. The number of carbonyl (C=O) groups is 1. The average molecular weight is 334 g/mol. The van der Waals surface area contributed by atoms with E-state index in [0.29, 0.717) is 6.54 Å². The fraction of sp³-hybridized carbons (Fsp3) is 0.300. The Hall–Kier alpha value is -2.66. The summed E-state index contributed by atoms with van der Waals surface area (Å²) in [5, 5.41) is 3.07. The number of para-hydroxylation sites is 3. The number of benzene rings is 2. The van der Waals surface area contributed by atoms with Gasteiger partial charge in [0.15, 0.2) is 0 Å². The number of hydrogen-bond acceptors (Lipinski definition) is 3. The van der Waals surface area contributed by atoms with Crippen molar-refractivity contribution in [1.29, 1.82) is 0 Å². The molecular weight excluding hydrogens is 312 g/mol. The quantitative estimate of drug-likeness (QED) is 0.801. The van der Waals surface area contributed by atoms with Crippen molar-refractivity contribution in [2.75, 3.05) is 12.4 Å². The Morgan fingerprint density at radius 3 is 2.80 bits per heavy atom. The van der Waals surface area contributed by atoms with Crippen molar-refractivity contribution in [3.63, 3.8) is 0 Å². The van der Waals surface area contributed by atoms with Gasteiger partial charge >= 0.3 is 0 Å². The molecule has 5 nitrogen and oxygen atoms in total. The highest BCUT2D eigenvalue weighted by Crippen LogP contribution is 2.24. The molecule has 1 aliphatic heterocycles. The first kappa shape index (κ1) is 15.8. The van der Waals surface area contributed by atoms with Crippen molar-refractivity contribution >= 4 is 22.6 Å². The third-order valence-corrected chi connectivity index (χ3v) is 5.07. The third kappa shape index (κ3) is 2.91. The van der Waals surface area contributed by atoms with Gasteiger partial charge in [0.1, 0.15) is 5.82 Å². The number of amides is 1. The lowest BCUT2D eigenvalue weighted by molar-refractivity contribution is -0.121. The maximum atomic E-state index is 12.7. The minimum atomic E-state index is -0.160. The fourth-order valence-corrected chi connectivity index (χ4v) is 3.59. The van der Waals surface area contributed by atoms with Crippen LogP contribution in [0.3, 0.4) is 0 Å². The highest BCUT2D eigenvalue weighted by molar-refractivity contribution is 5.96. The van der Waals surface area contributed by atoms with Gasteiger partial charge in [-0.3, -0.25) is 9.69 Å². The molecule has 0 saturated carbocycles. The van der Waals surface area contributed by atoms with E-state index < -0.39 is 0 Å². The number of carbonyl (C=O) groups excluding carboxylic acids is 1. The Morgan fingerprint density at radius 2 is 1.96 bits per heavy atom. The first-order valence-electron chi connectivity index (χ1n) is 8.63. The molecule has 1 unspecified atom stereocenters. The Labute approximate surface area is 147 Å². The van der Waals surface area contributed by atoms with Gasteiger partial charge in [0.2, 0.25) is 5.91 Å². The topological polar surface area (TPSA) is 50.2 Å². The molecule has 1 aromatic heterocycles. The lowest BCUT2D eigenvalue weighted by atomic mass is 10.1. The predicted molar refractivity (Wildman–Crippen MR) is 99.4 cm³/mol. The number of hydrogen-bond donors (Lipinski definition) is 1. The van der Waals surface area contributed by atoms with E-state index >= 15 is 0 Å². The molecule has 0 radical (unpaired) electrons. The lowest BCUT2D eigenvalue weighted by Crippen LogP contribution is -2.41. The average Bonchev–Trinajstić information content (AvgIpc) is 2.82. The normalized spacial score (nSPS) is 17.4. The molecule has 0 bridgehead atoms. The van der Waals surface area contributed by atoms with Gasteiger partial charge in [0, 0.05) is 12.7 Å². The van der Waals surface area contributed by atoms with Gasteiger partial charge in [-0.15, -0.1) is 0 Å². The number of aryl methyl sites for hydroxylation is 2. The molecule has 1 amide bonds. The number of aromatic nitrogens is 2. The Balaban J connectivity index is 1.55. The molecule has 1 aliphatic rings. The second-order valence-corrected chi connectivity index (χ2v) is 6.69. The van der Waals surface area contributed by atoms with Gasteiger partial charge in [0.25, 0.3) is 0 Å². The summed E-state index contributed by atoms with van der Waals surface area (Å²) < 4.78 is 2.11. The number of fused-ring (bicyclic) bond motifs is 2. The highest BCUT2D eigenvalue weighted by Gasteiger charge is 2.27. The van der Waals surface area contributed by atoms with Crippen LogP contribution in [0.5, 0.6) is 0 Å². The molecule has 0 saturated heterocycles. The highest BCUT2D eigenvalue weighted by atomic mass is 16.2. The first-order valence-corrected chi connectivity index (χ1v) is 8.63. The van der Waals surface area contributed by atoms with Crippen molar-refractivity contribution in [2.24, 2.45) is 7.05 Å². The zero-order valence-corrected chi connectivity index (χ0v) is 14.6. The van der Waals surface area contributed by atoms with Gasteiger partial charge in [-0.25, -0.2) is 4.98 Å². The van der Waals surface area contributed by atoms with Crippen molar-refractivity contribution in [3.05, 3.63) is 59.9 Å². The Morgan fingerprint density at radius 1 is 1.20 bits per heavy atom. The maximum absolute atomic E-state index is 12.7. The number of rotatable bonds is 3. The van der Waals surface area contributed by atoms with E-state index in [1.807, 2.05) is 50.5 Å². The van der Waals surface area contributed by atoms with E-state index in [9.17, 15) is 4.79 Å². The Bertz CT molecular complexity index is 930. The van der Waals surface area contributed by atoms with Crippen LogP contribution in [0.15, 0.2) is 48.5 Å². The lowest BCUT2D eigenvalue weighted by Gasteiger charge is -2.25. The van der Waals surface area contributed by atoms with E-state index in [-0.39, 0.29) is 11.9 Å². The summed E-state index contributed by atoms with van der Waals surface area (Å²) in [7, 11) is 4.03. The van der Waals surface area contributed by atoms with Gasteiger partial charge in [-0.1, -0.05) is 30.3 Å². The summed E-state index contributed by atoms with van der Waals surface area (Å²) in [6.07, 6.45) is 1.70. The Kier molecular flexibility index (Phi) is 4.01. The molecule has 4 rings (SSSR count). The summed E-state index contributed by atoms with van der Waals surface area (Å²) in [5.41, 5.74) is 4.25. The van der Waals surface area contributed by atoms with Crippen LogP contribution in [-0.4, -0.2) is 33.4 Å². The molecule has 2 aromatic carbocycles. The van der Waals surface area contributed by atoms with Crippen LogP contribution in [0.4, 0.5) is 5.69 Å². The summed E-state index contributed by atoms with van der Waals surface area (Å²) >= 11 is 0. The molecule has 128 valence electrons. The fourth-order valence-electron chi connectivity index (χ4n) is 3.59. The summed E-state index contributed by atoms with van der Waals surface area (Å²) in [6.45, 7) is 0.639. The van der Waals surface area contributed by atoms with Gasteiger partial charge in [0.05, 0.1) is 23.6 Å². The van der Waals surface area contributed by atoms with E-state index in [4.69, 9.17) is 4.98 Å². The van der Waals surface area contributed by atoms with Crippen molar-refractivity contribution in [3.8, 4) is 0 Å².